The molecule has 1 saturated carbocycles. The number of anilines is 2. The van der Waals surface area contributed by atoms with Gasteiger partial charge in [0.05, 0.1) is 5.52 Å². The largest absolute Gasteiger partial charge is 0.417 e. The molecule has 1 amide bonds. The van der Waals surface area contributed by atoms with Crippen LogP contribution in [0.1, 0.15) is 18.4 Å². The van der Waals surface area contributed by atoms with E-state index in [1.807, 2.05) is 37.3 Å². The van der Waals surface area contributed by atoms with Gasteiger partial charge in [-0.15, -0.1) is 0 Å². The molecule has 0 spiro atoms. The zero-order chi connectivity index (χ0) is 19.4. The average molecular weight is 374 g/mol. The second-order valence-electron chi connectivity index (χ2n) is 7.30. The Morgan fingerprint density at radius 3 is 2.86 bits per heavy atom. The molecule has 0 unspecified atom stereocenters. The van der Waals surface area contributed by atoms with Crippen molar-refractivity contribution in [2.75, 3.05) is 11.1 Å². The lowest BCUT2D eigenvalue weighted by Crippen LogP contribution is -2.14. The molecule has 0 aliphatic heterocycles. The van der Waals surface area contributed by atoms with Gasteiger partial charge in [-0.2, -0.15) is 0 Å². The Labute approximate surface area is 159 Å². The molecule has 0 bridgehead atoms. The highest BCUT2D eigenvalue weighted by atomic mass is 16.4. The molecule has 0 saturated heterocycles. The van der Waals surface area contributed by atoms with Crippen LogP contribution >= 0.6 is 0 Å². The Morgan fingerprint density at radius 2 is 2.07 bits per heavy atom. The van der Waals surface area contributed by atoms with E-state index in [0.29, 0.717) is 22.6 Å². The average Bonchev–Trinajstić information content (AvgIpc) is 3.43. The highest BCUT2D eigenvalue weighted by Gasteiger charge is 2.29. The van der Waals surface area contributed by atoms with Gasteiger partial charge in [0.25, 0.3) is 0 Å². The highest BCUT2D eigenvalue weighted by molar-refractivity contribution is 6.00. The first kappa shape index (κ1) is 16.6. The summed E-state index contributed by atoms with van der Waals surface area (Å²) in [4.78, 5) is 30.5. The molecule has 4 aromatic rings. The van der Waals surface area contributed by atoms with Crippen molar-refractivity contribution in [1.29, 1.82) is 0 Å². The minimum absolute atomic E-state index is 0.0137. The summed E-state index contributed by atoms with van der Waals surface area (Å²) in [5.74, 6) is 0.162. The number of nitrogens with one attached hydrogen (secondary N) is 2. The third-order valence-corrected chi connectivity index (χ3v) is 5.15. The molecule has 7 nitrogen and oxygen atoms in total. The standard InChI is InChI=1S/C21H18N4O3/c1-10-4-17-18(28-21(27)24-17)8-14(10)12-5-13-7-19(25-20(26)11-2-3-11)23-9-15(13)16(22)6-12/h4-9,11H,2-3,22H2,1H3,(H,24,27)(H,23,25,26). The van der Waals surface area contributed by atoms with E-state index in [-0.39, 0.29) is 11.8 Å². The van der Waals surface area contributed by atoms with Crippen molar-refractivity contribution in [3.63, 3.8) is 0 Å². The number of carbonyl (C=O) groups excluding carboxylic acids is 1. The van der Waals surface area contributed by atoms with Gasteiger partial charge in [0.15, 0.2) is 5.58 Å². The maximum Gasteiger partial charge on any atom is 0.417 e. The maximum absolute atomic E-state index is 12.0. The Hall–Kier alpha value is -3.61. The number of benzene rings is 2. The summed E-state index contributed by atoms with van der Waals surface area (Å²) in [7, 11) is 0. The predicted molar refractivity (Wildman–Crippen MR) is 108 cm³/mol. The monoisotopic (exact) mass is 374 g/mol. The summed E-state index contributed by atoms with van der Waals surface area (Å²) in [6, 6.07) is 9.42. The number of oxazole rings is 1. The van der Waals surface area contributed by atoms with E-state index in [4.69, 9.17) is 10.2 Å². The van der Waals surface area contributed by atoms with Gasteiger partial charge in [0.1, 0.15) is 5.82 Å². The number of aromatic nitrogens is 2. The molecule has 4 N–H and O–H groups in total. The van der Waals surface area contributed by atoms with E-state index in [2.05, 4.69) is 15.3 Å². The number of amides is 1. The second kappa shape index (κ2) is 5.95. The number of pyridine rings is 1. The number of fused-ring (bicyclic) bond motifs is 2. The van der Waals surface area contributed by atoms with Crippen LogP contribution < -0.4 is 16.8 Å². The Kier molecular flexibility index (Phi) is 3.52. The summed E-state index contributed by atoms with van der Waals surface area (Å²) in [5.41, 5.74) is 10.8. The third-order valence-electron chi connectivity index (χ3n) is 5.15. The van der Waals surface area contributed by atoms with Crippen molar-refractivity contribution in [1.82, 2.24) is 9.97 Å². The lowest BCUT2D eigenvalue weighted by atomic mass is 9.97. The van der Waals surface area contributed by atoms with Crippen LogP contribution in [0.15, 0.2) is 45.7 Å². The van der Waals surface area contributed by atoms with Crippen LogP contribution in [-0.4, -0.2) is 15.9 Å². The van der Waals surface area contributed by atoms with Crippen molar-refractivity contribution < 1.29 is 9.21 Å². The number of aryl methyl sites for hydroxylation is 1. The molecule has 0 atom stereocenters. The molecule has 2 aromatic carbocycles. The number of carbonyl (C=O) groups is 1. The molecular formula is C21H18N4O3. The van der Waals surface area contributed by atoms with E-state index in [1.165, 1.54) is 0 Å². The summed E-state index contributed by atoms with van der Waals surface area (Å²) in [5, 5.41) is 4.57. The van der Waals surface area contributed by atoms with Crippen molar-refractivity contribution >= 4 is 39.3 Å². The number of nitrogen functional groups attached to an aromatic ring is 1. The van der Waals surface area contributed by atoms with Gasteiger partial charge < -0.3 is 15.5 Å². The molecule has 1 aliphatic rings. The van der Waals surface area contributed by atoms with Crippen LogP contribution in [0.25, 0.3) is 33.0 Å². The predicted octanol–water partition coefficient (Wildman–Crippen LogP) is 3.58. The molecule has 2 aromatic heterocycles. The fourth-order valence-electron chi connectivity index (χ4n) is 3.50. The van der Waals surface area contributed by atoms with Crippen LogP contribution in [0.4, 0.5) is 11.5 Å². The minimum Gasteiger partial charge on any atom is -0.408 e. The van der Waals surface area contributed by atoms with Crippen molar-refractivity contribution in [2.45, 2.75) is 19.8 Å². The number of nitrogens with zero attached hydrogens (tertiary/aromatic N) is 1. The van der Waals surface area contributed by atoms with Crippen LogP contribution in [0.3, 0.4) is 0 Å². The molecular weight excluding hydrogens is 356 g/mol. The van der Waals surface area contributed by atoms with Gasteiger partial charge in [-0.05, 0) is 72.2 Å². The zero-order valence-electron chi connectivity index (χ0n) is 15.2. The number of H-pyrrole nitrogens is 1. The van der Waals surface area contributed by atoms with Gasteiger partial charge in [0.2, 0.25) is 5.91 Å². The number of rotatable bonds is 3. The first-order valence-corrected chi connectivity index (χ1v) is 9.12. The summed E-state index contributed by atoms with van der Waals surface area (Å²) in [6.07, 6.45) is 3.55. The Balaban J connectivity index is 1.62. The summed E-state index contributed by atoms with van der Waals surface area (Å²) >= 11 is 0. The molecule has 0 radical (unpaired) electrons. The topological polar surface area (TPSA) is 114 Å². The van der Waals surface area contributed by atoms with Gasteiger partial charge in [-0.1, -0.05) is 0 Å². The Morgan fingerprint density at radius 1 is 1.25 bits per heavy atom. The Bertz CT molecular complexity index is 1310. The van der Waals surface area contributed by atoms with Crippen molar-refractivity contribution in [3.8, 4) is 11.1 Å². The van der Waals surface area contributed by atoms with Gasteiger partial charge in [0, 0.05) is 23.2 Å². The fourth-order valence-corrected chi connectivity index (χ4v) is 3.50. The quantitative estimate of drug-likeness (QED) is 0.474. The van der Waals surface area contributed by atoms with Crippen LogP contribution in [-0.2, 0) is 4.79 Å². The van der Waals surface area contributed by atoms with E-state index < -0.39 is 5.76 Å². The molecule has 7 heteroatoms. The smallest absolute Gasteiger partial charge is 0.408 e. The number of nitrogens with two attached hydrogens (primary N) is 1. The van der Waals surface area contributed by atoms with E-state index in [1.54, 1.807) is 6.20 Å². The fraction of sp³-hybridized carbons (Fsp3) is 0.190. The molecule has 140 valence electrons. The van der Waals surface area contributed by atoms with Gasteiger partial charge in [-0.3, -0.25) is 9.78 Å². The van der Waals surface area contributed by atoms with Crippen molar-refractivity contribution in [3.05, 3.63) is 52.6 Å². The normalized spacial score (nSPS) is 13.9. The molecule has 28 heavy (non-hydrogen) atoms. The first-order chi connectivity index (χ1) is 13.5. The third kappa shape index (κ3) is 2.81. The van der Waals surface area contributed by atoms with Gasteiger partial charge >= 0.3 is 5.76 Å². The first-order valence-electron chi connectivity index (χ1n) is 9.12. The SMILES string of the molecule is Cc1cc2[nH]c(=O)oc2cc1-c1cc(N)c2cnc(NC(=O)C3CC3)cc2c1. The van der Waals surface area contributed by atoms with E-state index in [9.17, 15) is 9.59 Å². The van der Waals surface area contributed by atoms with Crippen LogP contribution in [0, 0.1) is 12.8 Å². The lowest BCUT2D eigenvalue weighted by Gasteiger charge is -2.11. The van der Waals surface area contributed by atoms with Crippen LogP contribution in [0.5, 0.6) is 0 Å². The summed E-state index contributed by atoms with van der Waals surface area (Å²) in [6.45, 7) is 1.97. The highest BCUT2D eigenvalue weighted by Crippen LogP contribution is 2.34. The molecule has 5 rings (SSSR count). The second-order valence-corrected chi connectivity index (χ2v) is 7.30. The minimum atomic E-state index is -0.480. The zero-order valence-corrected chi connectivity index (χ0v) is 15.2. The lowest BCUT2D eigenvalue weighted by molar-refractivity contribution is -0.117. The number of hydrogen-bond donors (Lipinski definition) is 3. The number of hydrogen-bond acceptors (Lipinski definition) is 5. The maximum atomic E-state index is 12.0. The van der Waals surface area contributed by atoms with Crippen LogP contribution in [0.2, 0.25) is 0 Å². The van der Waals surface area contributed by atoms with Crippen molar-refractivity contribution in [2.24, 2.45) is 5.92 Å². The van der Waals surface area contributed by atoms with Gasteiger partial charge in [-0.25, -0.2) is 9.78 Å². The summed E-state index contributed by atoms with van der Waals surface area (Å²) < 4.78 is 5.19. The van der Waals surface area contributed by atoms with E-state index >= 15 is 0 Å². The molecule has 1 aliphatic carbocycles. The van der Waals surface area contributed by atoms with E-state index in [0.717, 1.165) is 40.3 Å². The number of aromatic amines is 1. The molecule has 1 fully saturated rings. The molecule has 2 heterocycles.